The molecule has 1 aromatic rings. The first-order chi connectivity index (χ1) is 10.3. The van der Waals surface area contributed by atoms with Gasteiger partial charge in [-0.25, -0.2) is 0 Å². The Balaban J connectivity index is 1.55. The van der Waals surface area contributed by atoms with Crippen LogP contribution in [0.25, 0.3) is 0 Å². The van der Waals surface area contributed by atoms with Crippen LogP contribution in [0.1, 0.15) is 50.0 Å². The van der Waals surface area contributed by atoms with Crippen molar-refractivity contribution in [1.29, 1.82) is 0 Å². The highest BCUT2D eigenvalue weighted by Crippen LogP contribution is 2.33. The summed E-state index contributed by atoms with van der Waals surface area (Å²) < 4.78 is 5.61. The van der Waals surface area contributed by atoms with Gasteiger partial charge < -0.3 is 10.1 Å². The fraction of sp³-hybridized carbons (Fsp3) is 0.500. The van der Waals surface area contributed by atoms with Crippen molar-refractivity contribution in [2.45, 2.75) is 44.4 Å². The summed E-state index contributed by atoms with van der Waals surface area (Å²) in [6.07, 6.45) is 9.13. The van der Waals surface area contributed by atoms with Gasteiger partial charge in [0, 0.05) is 12.1 Å². The van der Waals surface area contributed by atoms with E-state index in [0.717, 1.165) is 30.7 Å². The van der Waals surface area contributed by atoms with Crippen molar-refractivity contribution in [2.75, 3.05) is 13.2 Å². The lowest BCUT2D eigenvalue weighted by atomic mass is 9.92. The van der Waals surface area contributed by atoms with Crippen LogP contribution in [-0.2, 0) is 4.79 Å². The second-order valence-electron chi connectivity index (χ2n) is 5.88. The van der Waals surface area contributed by atoms with Crippen molar-refractivity contribution in [3.63, 3.8) is 0 Å². The Labute approximate surface area is 126 Å². The molecular weight excluding hydrogens is 262 g/mol. The molecule has 1 aliphatic carbocycles. The van der Waals surface area contributed by atoms with E-state index < -0.39 is 0 Å². The molecule has 1 unspecified atom stereocenters. The van der Waals surface area contributed by atoms with Crippen LogP contribution < -0.4 is 10.1 Å². The summed E-state index contributed by atoms with van der Waals surface area (Å²) >= 11 is 0. The SMILES string of the molecule is O=C(NCCC1=CCCCC1)C1CCOc2ccccc21. The first-order valence-electron chi connectivity index (χ1n) is 8.02. The Morgan fingerprint density at radius 2 is 2.19 bits per heavy atom. The minimum atomic E-state index is -0.0599. The molecule has 1 aliphatic heterocycles. The molecule has 0 saturated carbocycles. The Hall–Kier alpha value is -1.77. The van der Waals surface area contributed by atoms with Crippen molar-refractivity contribution in [2.24, 2.45) is 0 Å². The van der Waals surface area contributed by atoms with Crippen molar-refractivity contribution in [3.05, 3.63) is 41.5 Å². The number of ether oxygens (including phenoxy) is 1. The molecule has 1 atom stereocenters. The van der Waals surface area contributed by atoms with Crippen LogP contribution in [0.15, 0.2) is 35.9 Å². The Bertz CT molecular complexity index is 536. The molecule has 0 spiro atoms. The number of fused-ring (bicyclic) bond motifs is 1. The second kappa shape index (κ2) is 6.79. The van der Waals surface area contributed by atoms with Crippen molar-refractivity contribution >= 4 is 5.91 Å². The highest BCUT2D eigenvalue weighted by molar-refractivity contribution is 5.84. The number of allylic oxidation sites excluding steroid dienone is 1. The molecule has 0 bridgehead atoms. The first-order valence-corrected chi connectivity index (χ1v) is 8.02. The highest BCUT2D eigenvalue weighted by atomic mass is 16.5. The van der Waals surface area contributed by atoms with E-state index in [4.69, 9.17) is 4.74 Å². The minimum Gasteiger partial charge on any atom is -0.493 e. The van der Waals surface area contributed by atoms with E-state index in [1.54, 1.807) is 0 Å². The van der Waals surface area contributed by atoms with E-state index >= 15 is 0 Å². The molecule has 3 heteroatoms. The number of hydrogen-bond donors (Lipinski definition) is 1. The monoisotopic (exact) mass is 285 g/mol. The molecule has 3 nitrogen and oxygen atoms in total. The van der Waals surface area contributed by atoms with E-state index in [-0.39, 0.29) is 11.8 Å². The van der Waals surface area contributed by atoms with E-state index in [0.29, 0.717) is 6.61 Å². The van der Waals surface area contributed by atoms with Crippen LogP contribution in [0.4, 0.5) is 0 Å². The lowest BCUT2D eigenvalue weighted by molar-refractivity contribution is -0.123. The third-order valence-electron chi connectivity index (χ3n) is 4.41. The average molecular weight is 285 g/mol. The zero-order valence-electron chi connectivity index (χ0n) is 12.4. The van der Waals surface area contributed by atoms with Crippen LogP contribution in [0, 0.1) is 0 Å². The maximum absolute atomic E-state index is 12.4. The number of amides is 1. The quantitative estimate of drug-likeness (QED) is 0.859. The van der Waals surface area contributed by atoms with Gasteiger partial charge in [0.05, 0.1) is 12.5 Å². The molecule has 1 amide bonds. The van der Waals surface area contributed by atoms with Crippen molar-refractivity contribution in [1.82, 2.24) is 5.32 Å². The lowest BCUT2D eigenvalue weighted by Gasteiger charge is -2.25. The van der Waals surface area contributed by atoms with Crippen LogP contribution >= 0.6 is 0 Å². The zero-order valence-corrected chi connectivity index (χ0v) is 12.4. The van der Waals surface area contributed by atoms with Gasteiger partial charge in [-0.05, 0) is 44.6 Å². The molecule has 1 N–H and O–H groups in total. The van der Waals surface area contributed by atoms with Gasteiger partial charge in [0.1, 0.15) is 5.75 Å². The van der Waals surface area contributed by atoms with Crippen LogP contribution in [0.2, 0.25) is 0 Å². The molecule has 112 valence electrons. The molecule has 1 heterocycles. The standard InChI is InChI=1S/C18H23NO2/c20-18(19-12-10-14-6-2-1-3-7-14)16-11-13-21-17-9-5-4-8-15(16)17/h4-6,8-9,16H,1-3,7,10-13H2,(H,19,20). The van der Waals surface area contributed by atoms with Crippen LogP contribution in [0.5, 0.6) is 5.75 Å². The number of para-hydroxylation sites is 1. The van der Waals surface area contributed by atoms with E-state index in [9.17, 15) is 4.79 Å². The Morgan fingerprint density at radius 3 is 3.05 bits per heavy atom. The smallest absolute Gasteiger partial charge is 0.227 e. The number of carbonyl (C=O) groups is 1. The molecule has 1 aromatic carbocycles. The normalized spacial score (nSPS) is 21.0. The fourth-order valence-electron chi connectivity index (χ4n) is 3.22. The second-order valence-corrected chi connectivity index (χ2v) is 5.88. The number of rotatable bonds is 4. The lowest BCUT2D eigenvalue weighted by Crippen LogP contribution is -2.33. The maximum Gasteiger partial charge on any atom is 0.227 e. The minimum absolute atomic E-state index is 0.0599. The number of hydrogen-bond acceptors (Lipinski definition) is 2. The Morgan fingerprint density at radius 1 is 1.29 bits per heavy atom. The van der Waals surface area contributed by atoms with Crippen LogP contribution in [-0.4, -0.2) is 19.1 Å². The number of benzene rings is 1. The van der Waals surface area contributed by atoms with Crippen LogP contribution in [0.3, 0.4) is 0 Å². The predicted molar refractivity (Wildman–Crippen MR) is 83.5 cm³/mol. The summed E-state index contributed by atoms with van der Waals surface area (Å²) in [7, 11) is 0. The largest absolute Gasteiger partial charge is 0.493 e. The first kappa shape index (κ1) is 14.2. The zero-order chi connectivity index (χ0) is 14.5. The summed E-state index contributed by atoms with van der Waals surface area (Å²) in [5, 5.41) is 3.11. The van der Waals surface area contributed by atoms with Gasteiger partial charge in [-0.2, -0.15) is 0 Å². The summed E-state index contributed by atoms with van der Waals surface area (Å²) in [5.74, 6) is 0.941. The van der Waals surface area contributed by atoms with E-state index in [1.165, 1.54) is 31.3 Å². The van der Waals surface area contributed by atoms with Gasteiger partial charge in [-0.15, -0.1) is 0 Å². The van der Waals surface area contributed by atoms with Crippen molar-refractivity contribution in [3.8, 4) is 5.75 Å². The predicted octanol–water partition coefficient (Wildman–Crippen LogP) is 3.56. The maximum atomic E-state index is 12.4. The fourth-order valence-corrected chi connectivity index (χ4v) is 3.22. The third kappa shape index (κ3) is 3.46. The summed E-state index contributed by atoms with van der Waals surface area (Å²) in [6.45, 7) is 1.38. The molecule has 0 radical (unpaired) electrons. The van der Waals surface area contributed by atoms with Gasteiger partial charge in [0.15, 0.2) is 0 Å². The highest BCUT2D eigenvalue weighted by Gasteiger charge is 2.26. The van der Waals surface area contributed by atoms with Gasteiger partial charge >= 0.3 is 0 Å². The third-order valence-corrected chi connectivity index (χ3v) is 4.41. The molecule has 21 heavy (non-hydrogen) atoms. The van der Waals surface area contributed by atoms with Crippen molar-refractivity contribution < 1.29 is 9.53 Å². The summed E-state index contributed by atoms with van der Waals surface area (Å²) in [5.41, 5.74) is 2.53. The van der Waals surface area contributed by atoms with Gasteiger partial charge in [0.25, 0.3) is 0 Å². The average Bonchev–Trinajstić information content (AvgIpc) is 2.55. The summed E-state index contributed by atoms with van der Waals surface area (Å²) in [6, 6.07) is 7.87. The topological polar surface area (TPSA) is 38.3 Å². The summed E-state index contributed by atoms with van der Waals surface area (Å²) in [4.78, 5) is 12.4. The van der Waals surface area contributed by atoms with Gasteiger partial charge in [-0.1, -0.05) is 29.8 Å². The molecular formula is C18H23NO2. The van der Waals surface area contributed by atoms with E-state index in [2.05, 4.69) is 11.4 Å². The molecule has 2 aliphatic rings. The number of nitrogens with one attached hydrogen (secondary N) is 1. The van der Waals surface area contributed by atoms with Gasteiger partial charge in [0.2, 0.25) is 5.91 Å². The Kier molecular flexibility index (Phi) is 4.59. The molecule has 0 fully saturated rings. The van der Waals surface area contributed by atoms with E-state index in [1.807, 2.05) is 24.3 Å². The number of carbonyl (C=O) groups excluding carboxylic acids is 1. The van der Waals surface area contributed by atoms with Gasteiger partial charge in [-0.3, -0.25) is 4.79 Å². The molecule has 0 saturated heterocycles. The molecule has 0 aromatic heterocycles. The molecule has 3 rings (SSSR count).